The third-order valence-electron chi connectivity index (χ3n) is 5.10. The van der Waals surface area contributed by atoms with Crippen molar-refractivity contribution in [3.63, 3.8) is 0 Å². The molecule has 1 amide bonds. The summed E-state index contributed by atoms with van der Waals surface area (Å²) >= 11 is 1.76. The Labute approximate surface area is 172 Å². The highest BCUT2D eigenvalue weighted by Crippen LogP contribution is 2.34. The van der Waals surface area contributed by atoms with Gasteiger partial charge in [0.15, 0.2) is 4.96 Å². The molecule has 4 aromatic rings. The van der Waals surface area contributed by atoms with Crippen molar-refractivity contribution in [3.8, 4) is 11.3 Å². The van der Waals surface area contributed by atoms with Gasteiger partial charge in [0, 0.05) is 34.1 Å². The van der Waals surface area contributed by atoms with E-state index >= 15 is 0 Å². The summed E-state index contributed by atoms with van der Waals surface area (Å²) in [6.07, 6.45) is 9.46. The standard InChI is InChI=1S/C22H19N5OS/c28-21(16-10-12-23-13-11-16)26-24-14-18-20(15-6-2-1-3-7-15)25-22-27(18)17-8-4-5-9-19(17)29-22/h1-3,6-7,10-14H,4-5,8-9H2,(H,26,28)/b24-14+. The molecule has 6 nitrogen and oxygen atoms in total. The Morgan fingerprint density at radius 3 is 2.72 bits per heavy atom. The van der Waals surface area contributed by atoms with Gasteiger partial charge in [-0.2, -0.15) is 5.10 Å². The number of rotatable bonds is 4. The first-order chi connectivity index (χ1) is 14.3. The largest absolute Gasteiger partial charge is 0.285 e. The Morgan fingerprint density at radius 2 is 1.90 bits per heavy atom. The Hall–Kier alpha value is -3.32. The molecule has 144 valence electrons. The van der Waals surface area contributed by atoms with Crippen molar-refractivity contribution in [2.45, 2.75) is 25.7 Å². The minimum absolute atomic E-state index is 0.266. The molecule has 0 spiro atoms. The molecule has 1 aliphatic carbocycles. The minimum atomic E-state index is -0.266. The molecule has 0 unspecified atom stereocenters. The van der Waals surface area contributed by atoms with Crippen molar-refractivity contribution in [1.82, 2.24) is 19.8 Å². The van der Waals surface area contributed by atoms with Crippen molar-refractivity contribution in [2.24, 2.45) is 5.10 Å². The molecule has 0 saturated heterocycles. The van der Waals surface area contributed by atoms with Gasteiger partial charge in [0.25, 0.3) is 5.91 Å². The van der Waals surface area contributed by atoms with Gasteiger partial charge in [-0.15, -0.1) is 11.3 Å². The first kappa shape index (κ1) is 17.8. The molecule has 1 aromatic carbocycles. The van der Waals surface area contributed by atoms with Crippen LogP contribution in [-0.2, 0) is 12.8 Å². The maximum Gasteiger partial charge on any atom is 0.271 e. The summed E-state index contributed by atoms with van der Waals surface area (Å²) in [5.74, 6) is -0.266. The van der Waals surface area contributed by atoms with Crippen LogP contribution in [0.1, 0.15) is 39.5 Å². The third-order valence-corrected chi connectivity index (χ3v) is 6.24. The lowest BCUT2D eigenvalue weighted by atomic mass is 10.0. The van der Waals surface area contributed by atoms with Gasteiger partial charge in [-0.3, -0.25) is 14.2 Å². The molecule has 0 aliphatic heterocycles. The minimum Gasteiger partial charge on any atom is -0.285 e. The van der Waals surface area contributed by atoms with Gasteiger partial charge in [0.05, 0.1) is 17.6 Å². The van der Waals surface area contributed by atoms with E-state index in [-0.39, 0.29) is 5.91 Å². The highest BCUT2D eigenvalue weighted by Gasteiger charge is 2.22. The number of carbonyl (C=O) groups excluding carboxylic acids is 1. The van der Waals surface area contributed by atoms with Crippen molar-refractivity contribution in [2.75, 3.05) is 0 Å². The molecule has 0 saturated carbocycles. The van der Waals surface area contributed by atoms with Crippen LogP contribution in [-0.4, -0.2) is 26.5 Å². The molecule has 3 heterocycles. The predicted octanol–water partition coefficient (Wildman–Crippen LogP) is 4.10. The molecule has 0 atom stereocenters. The zero-order chi connectivity index (χ0) is 19.6. The first-order valence-corrected chi connectivity index (χ1v) is 10.4. The fourth-order valence-corrected chi connectivity index (χ4v) is 4.92. The second kappa shape index (κ2) is 7.60. The summed E-state index contributed by atoms with van der Waals surface area (Å²) in [5.41, 5.74) is 7.29. The highest BCUT2D eigenvalue weighted by molar-refractivity contribution is 7.17. The number of hydrazone groups is 1. The topological polar surface area (TPSA) is 71.7 Å². The molecule has 29 heavy (non-hydrogen) atoms. The second-order valence-corrected chi connectivity index (χ2v) is 8.01. The van der Waals surface area contributed by atoms with Gasteiger partial charge in [0.1, 0.15) is 0 Å². The summed E-state index contributed by atoms with van der Waals surface area (Å²) in [5, 5.41) is 4.25. The average Bonchev–Trinajstić information content (AvgIpc) is 3.31. The first-order valence-electron chi connectivity index (χ1n) is 9.63. The quantitative estimate of drug-likeness (QED) is 0.413. The van der Waals surface area contributed by atoms with E-state index < -0.39 is 0 Å². The average molecular weight is 401 g/mol. The maximum atomic E-state index is 12.3. The van der Waals surface area contributed by atoms with E-state index in [1.165, 1.54) is 23.4 Å². The fourth-order valence-electron chi connectivity index (χ4n) is 3.71. The lowest BCUT2D eigenvalue weighted by Gasteiger charge is -2.11. The molecule has 1 aliphatic rings. The summed E-state index contributed by atoms with van der Waals surface area (Å²) in [6.45, 7) is 0. The molecule has 5 rings (SSSR count). The van der Waals surface area contributed by atoms with Crippen LogP contribution in [0.5, 0.6) is 0 Å². The van der Waals surface area contributed by atoms with Gasteiger partial charge >= 0.3 is 0 Å². The molecule has 0 radical (unpaired) electrons. The highest BCUT2D eigenvalue weighted by atomic mass is 32.1. The number of aryl methyl sites for hydroxylation is 2. The van der Waals surface area contributed by atoms with E-state index in [4.69, 9.17) is 4.98 Å². The van der Waals surface area contributed by atoms with Crippen LogP contribution in [0.25, 0.3) is 16.2 Å². The van der Waals surface area contributed by atoms with Crippen LogP contribution in [0.4, 0.5) is 0 Å². The number of hydrogen-bond donors (Lipinski definition) is 1. The Kier molecular flexibility index (Phi) is 4.65. The summed E-state index contributed by atoms with van der Waals surface area (Å²) in [7, 11) is 0. The van der Waals surface area contributed by atoms with Gasteiger partial charge in [-0.1, -0.05) is 30.3 Å². The number of nitrogens with zero attached hydrogens (tertiary/aromatic N) is 4. The van der Waals surface area contributed by atoms with Crippen molar-refractivity contribution >= 4 is 28.4 Å². The molecule has 3 aromatic heterocycles. The van der Waals surface area contributed by atoms with E-state index in [0.717, 1.165) is 34.8 Å². The van der Waals surface area contributed by atoms with E-state index in [2.05, 4.69) is 19.9 Å². The Morgan fingerprint density at radius 1 is 1.10 bits per heavy atom. The van der Waals surface area contributed by atoms with Crippen LogP contribution in [0, 0.1) is 0 Å². The van der Waals surface area contributed by atoms with Gasteiger partial charge in [-0.25, -0.2) is 10.4 Å². The fraction of sp³-hybridized carbons (Fsp3) is 0.182. The number of carbonyl (C=O) groups is 1. The lowest BCUT2D eigenvalue weighted by Crippen LogP contribution is -2.17. The van der Waals surface area contributed by atoms with E-state index in [1.54, 1.807) is 42.1 Å². The number of pyridine rings is 1. The van der Waals surface area contributed by atoms with Crippen LogP contribution in [0.2, 0.25) is 0 Å². The Balaban J connectivity index is 1.55. The second-order valence-electron chi connectivity index (χ2n) is 6.94. The number of amides is 1. The molecule has 0 bridgehead atoms. The number of thiazole rings is 1. The van der Waals surface area contributed by atoms with Crippen molar-refractivity contribution in [3.05, 3.63) is 76.7 Å². The van der Waals surface area contributed by atoms with Crippen LogP contribution >= 0.6 is 11.3 Å². The number of benzene rings is 1. The number of hydrogen-bond acceptors (Lipinski definition) is 5. The number of nitrogens with one attached hydrogen (secondary N) is 1. The number of aromatic nitrogens is 3. The van der Waals surface area contributed by atoms with Gasteiger partial charge in [-0.05, 0) is 37.8 Å². The van der Waals surface area contributed by atoms with E-state index in [1.807, 2.05) is 30.3 Å². The third kappa shape index (κ3) is 3.34. The van der Waals surface area contributed by atoms with Crippen molar-refractivity contribution < 1.29 is 4.79 Å². The summed E-state index contributed by atoms with van der Waals surface area (Å²) < 4.78 is 2.21. The van der Waals surface area contributed by atoms with Crippen LogP contribution < -0.4 is 5.43 Å². The number of imidazole rings is 1. The van der Waals surface area contributed by atoms with Gasteiger partial charge in [0.2, 0.25) is 0 Å². The monoisotopic (exact) mass is 401 g/mol. The smallest absolute Gasteiger partial charge is 0.271 e. The normalized spacial score (nSPS) is 13.7. The zero-order valence-corrected chi connectivity index (χ0v) is 16.5. The summed E-state index contributed by atoms with van der Waals surface area (Å²) in [4.78, 5) is 23.5. The number of fused-ring (bicyclic) bond motifs is 3. The van der Waals surface area contributed by atoms with Crippen LogP contribution in [0.3, 0.4) is 0 Å². The van der Waals surface area contributed by atoms with Crippen LogP contribution in [0.15, 0.2) is 60.0 Å². The predicted molar refractivity (Wildman–Crippen MR) is 114 cm³/mol. The Bertz CT molecular complexity index is 1190. The maximum absolute atomic E-state index is 12.3. The molecule has 0 fully saturated rings. The molecular formula is C22H19N5OS. The molecular weight excluding hydrogens is 382 g/mol. The lowest BCUT2D eigenvalue weighted by molar-refractivity contribution is 0.0955. The van der Waals surface area contributed by atoms with E-state index in [9.17, 15) is 4.79 Å². The zero-order valence-electron chi connectivity index (χ0n) is 15.7. The molecule has 1 N–H and O–H groups in total. The van der Waals surface area contributed by atoms with E-state index in [0.29, 0.717) is 5.56 Å². The molecule has 7 heteroatoms. The SMILES string of the molecule is O=C(N/N=C/c1c(-c2ccccc2)nc2sc3c(n12)CCCC3)c1ccncc1. The summed E-state index contributed by atoms with van der Waals surface area (Å²) in [6, 6.07) is 13.4. The van der Waals surface area contributed by atoms with Crippen molar-refractivity contribution in [1.29, 1.82) is 0 Å². The van der Waals surface area contributed by atoms with Gasteiger partial charge < -0.3 is 0 Å².